The van der Waals surface area contributed by atoms with Crippen LogP contribution in [0.4, 0.5) is 5.82 Å². The summed E-state index contributed by atoms with van der Waals surface area (Å²) in [5, 5.41) is 6.81. The van der Waals surface area contributed by atoms with Crippen LogP contribution in [-0.2, 0) is 0 Å². The van der Waals surface area contributed by atoms with Crippen molar-refractivity contribution in [1.82, 2.24) is 15.2 Å². The van der Waals surface area contributed by atoms with Gasteiger partial charge in [-0.2, -0.15) is 5.10 Å². The highest BCUT2D eigenvalue weighted by Gasteiger charge is 2.12. The molecule has 0 saturated heterocycles. The van der Waals surface area contributed by atoms with Gasteiger partial charge in [-0.05, 0) is 19.1 Å². The van der Waals surface area contributed by atoms with Crippen molar-refractivity contribution in [3.05, 3.63) is 23.9 Å². The Kier molecular flexibility index (Phi) is 2.29. The Morgan fingerprint density at radius 3 is 2.87 bits per heavy atom. The molecule has 0 amide bonds. The molecule has 0 aliphatic carbocycles. The summed E-state index contributed by atoms with van der Waals surface area (Å²) in [6, 6.07) is 3.75. The third kappa shape index (κ3) is 1.52. The predicted octanol–water partition coefficient (Wildman–Crippen LogP) is 1.37. The molecule has 0 saturated carbocycles. The number of pyridine rings is 1. The molecule has 2 aromatic rings. The molecule has 2 aromatic heterocycles. The Bertz CT molecular complexity index is 478. The third-order valence-electron chi connectivity index (χ3n) is 2.28. The van der Waals surface area contributed by atoms with Crippen LogP contribution in [-0.4, -0.2) is 22.3 Å². The summed E-state index contributed by atoms with van der Waals surface area (Å²) in [5.41, 5.74) is 8.28. The molecular weight excluding hydrogens is 192 g/mol. The van der Waals surface area contributed by atoms with Gasteiger partial charge >= 0.3 is 0 Å². The number of methoxy groups -OCH3 is 1. The molecule has 0 fully saturated rings. The fourth-order valence-electron chi connectivity index (χ4n) is 1.42. The average molecular weight is 204 g/mol. The van der Waals surface area contributed by atoms with Crippen molar-refractivity contribution in [2.75, 3.05) is 12.8 Å². The molecule has 3 N–H and O–H groups in total. The summed E-state index contributed by atoms with van der Waals surface area (Å²) in [7, 11) is 1.58. The lowest BCUT2D eigenvalue weighted by Crippen LogP contribution is -1.92. The maximum Gasteiger partial charge on any atom is 0.222 e. The number of aromatic amines is 1. The number of hydrogen-bond donors (Lipinski definition) is 2. The summed E-state index contributed by atoms with van der Waals surface area (Å²) < 4.78 is 5.16. The number of H-pyrrole nitrogens is 1. The number of ether oxygens (including phenoxy) is 1. The zero-order valence-corrected chi connectivity index (χ0v) is 8.61. The molecular formula is C10H12N4O. The summed E-state index contributed by atoms with van der Waals surface area (Å²) in [6.45, 7) is 1.90. The molecule has 0 aliphatic heterocycles. The monoisotopic (exact) mass is 204 g/mol. The number of nitrogens with one attached hydrogen (secondary N) is 1. The van der Waals surface area contributed by atoms with Gasteiger partial charge < -0.3 is 10.5 Å². The van der Waals surface area contributed by atoms with E-state index in [2.05, 4.69) is 15.2 Å². The lowest BCUT2D eigenvalue weighted by Gasteiger charge is -2.05. The molecule has 0 spiro atoms. The summed E-state index contributed by atoms with van der Waals surface area (Å²) in [5.74, 6) is 1.06. The van der Waals surface area contributed by atoms with Gasteiger partial charge in [0.2, 0.25) is 5.88 Å². The van der Waals surface area contributed by atoms with Crippen LogP contribution < -0.4 is 10.5 Å². The van der Waals surface area contributed by atoms with Crippen molar-refractivity contribution < 1.29 is 4.74 Å². The van der Waals surface area contributed by atoms with E-state index < -0.39 is 0 Å². The highest BCUT2D eigenvalue weighted by molar-refractivity contribution is 5.71. The van der Waals surface area contributed by atoms with E-state index in [1.165, 1.54) is 0 Å². The Hall–Kier alpha value is -2.04. The van der Waals surface area contributed by atoms with Crippen LogP contribution in [0, 0.1) is 6.92 Å². The van der Waals surface area contributed by atoms with E-state index in [1.807, 2.05) is 19.1 Å². The number of nitrogens with two attached hydrogens (primary N) is 1. The Morgan fingerprint density at radius 1 is 1.47 bits per heavy atom. The Balaban J connectivity index is 2.58. The quantitative estimate of drug-likeness (QED) is 0.774. The first-order valence-corrected chi connectivity index (χ1v) is 4.54. The van der Waals surface area contributed by atoms with Gasteiger partial charge in [-0.3, -0.25) is 5.10 Å². The topological polar surface area (TPSA) is 76.8 Å². The smallest absolute Gasteiger partial charge is 0.222 e. The second-order valence-electron chi connectivity index (χ2n) is 3.17. The summed E-state index contributed by atoms with van der Waals surface area (Å²) >= 11 is 0. The first kappa shape index (κ1) is 9.51. The van der Waals surface area contributed by atoms with Crippen molar-refractivity contribution in [3.63, 3.8) is 0 Å². The maximum atomic E-state index is 5.67. The Morgan fingerprint density at radius 2 is 2.27 bits per heavy atom. The molecule has 0 unspecified atom stereocenters. The molecule has 2 rings (SSSR count). The minimum Gasteiger partial charge on any atom is -0.481 e. The lowest BCUT2D eigenvalue weighted by atomic mass is 10.1. The third-order valence-corrected chi connectivity index (χ3v) is 2.28. The van der Waals surface area contributed by atoms with Crippen molar-refractivity contribution in [1.29, 1.82) is 0 Å². The molecule has 5 heteroatoms. The second kappa shape index (κ2) is 3.61. The van der Waals surface area contributed by atoms with Crippen LogP contribution in [0.25, 0.3) is 11.3 Å². The lowest BCUT2D eigenvalue weighted by molar-refractivity contribution is 0.399. The fraction of sp³-hybridized carbons (Fsp3) is 0.200. The van der Waals surface area contributed by atoms with Gasteiger partial charge in [-0.25, -0.2) is 4.98 Å². The normalized spacial score (nSPS) is 10.3. The zero-order chi connectivity index (χ0) is 10.8. The second-order valence-corrected chi connectivity index (χ2v) is 3.17. The van der Waals surface area contributed by atoms with Crippen LogP contribution in [0.1, 0.15) is 5.56 Å². The molecule has 0 aromatic carbocycles. The van der Waals surface area contributed by atoms with Crippen LogP contribution in [0.3, 0.4) is 0 Å². The van der Waals surface area contributed by atoms with Crippen LogP contribution in [0.2, 0.25) is 0 Å². The molecule has 2 heterocycles. The molecule has 0 bridgehead atoms. The number of aromatic nitrogens is 3. The average Bonchev–Trinajstić information content (AvgIpc) is 2.60. The van der Waals surface area contributed by atoms with E-state index >= 15 is 0 Å². The van der Waals surface area contributed by atoms with Crippen molar-refractivity contribution in [2.45, 2.75) is 6.92 Å². The molecule has 5 nitrogen and oxygen atoms in total. The minimum absolute atomic E-state index is 0.496. The Labute approximate surface area is 87.3 Å². The highest BCUT2D eigenvalue weighted by Crippen LogP contribution is 2.30. The van der Waals surface area contributed by atoms with Crippen LogP contribution >= 0.6 is 0 Å². The number of nitrogen functional groups attached to an aromatic ring is 1. The number of rotatable bonds is 2. The molecule has 78 valence electrons. The predicted molar refractivity (Wildman–Crippen MR) is 57.5 cm³/mol. The van der Waals surface area contributed by atoms with Crippen LogP contribution in [0.5, 0.6) is 5.88 Å². The van der Waals surface area contributed by atoms with E-state index in [1.54, 1.807) is 13.3 Å². The van der Waals surface area contributed by atoms with Crippen molar-refractivity contribution >= 4 is 5.82 Å². The number of nitrogens with zero attached hydrogens (tertiary/aromatic N) is 2. The SMILES string of the molecule is COc1ncccc1-c1[nH]nc(N)c1C. The maximum absolute atomic E-state index is 5.67. The molecule has 15 heavy (non-hydrogen) atoms. The van der Waals surface area contributed by atoms with E-state index in [0.29, 0.717) is 11.7 Å². The van der Waals surface area contributed by atoms with E-state index in [0.717, 1.165) is 16.8 Å². The van der Waals surface area contributed by atoms with Gasteiger partial charge in [0.15, 0.2) is 0 Å². The van der Waals surface area contributed by atoms with Crippen LogP contribution in [0.15, 0.2) is 18.3 Å². The van der Waals surface area contributed by atoms with Gasteiger partial charge in [0, 0.05) is 11.8 Å². The minimum atomic E-state index is 0.496. The highest BCUT2D eigenvalue weighted by atomic mass is 16.5. The summed E-state index contributed by atoms with van der Waals surface area (Å²) in [4.78, 5) is 4.11. The molecule has 0 atom stereocenters. The summed E-state index contributed by atoms with van der Waals surface area (Å²) in [6.07, 6.45) is 1.68. The van der Waals surface area contributed by atoms with Gasteiger partial charge in [0.25, 0.3) is 0 Å². The van der Waals surface area contributed by atoms with E-state index in [4.69, 9.17) is 10.5 Å². The van der Waals surface area contributed by atoms with Gasteiger partial charge in [0.05, 0.1) is 18.4 Å². The van der Waals surface area contributed by atoms with Gasteiger partial charge in [-0.15, -0.1) is 0 Å². The first-order valence-electron chi connectivity index (χ1n) is 4.54. The molecule has 0 radical (unpaired) electrons. The van der Waals surface area contributed by atoms with Gasteiger partial charge in [-0.1, -0.05) is 0 Å². The van der Waals surface area contributed by atoms with Crippen molar-refractivity contribution in [3.8, 4) is 17.1 Å². The largest absolute Gasteiger partial charge is 0.481 e. The number of hydrogen-bond acceptors (Lipinski definition) is 4. The molecule has 0 aliphatic rings. The zero-order valence-electron chi connectivity index (χ0n) is 8.61. The van der Waals surface area contributed by atoms with Crippen molar-refractivity contribution in [2.24, 2.45) is 0 Å². The standard InChI is InChI=1S/C10H12N4O/c1-6-8(13-14-9(6)11)7-4-3-5-12-10(7)15-2/h3-5H,1-2H3,(H3,11,13,14). The number of anilines is 1. The van der Waals surface area contributed by atoms with Gasteiger partial charge in [0.1, 0.15) is 5.82 Å². The van der Waals surface area contributed by atoms with E-state index in [-0.39, 0.29) is 0 Å². The van der Waals surface area contributed by atoms with E-state index in [9.17, 15) is 0 Å². The first-order chi connectivity index (χ1) is 7.24. The fourth-order valence-corrected chi connectivity index (χ4v) is 1.42.